The van der Waals surface area contributed by atoms with Crippen LogP contribution in [0.4, 0.5) is 0 Å². The van der Waals surface area contributed by atoms with Gasteiger partial charge in [0.15, 0.2) is 5.78 Å². The van der Waals surface area contributed by atoms with E-state index < -0.39 is 0 Å². The summed E-state index contributed by atoms with van der Waals surface area (Å²) in [4.78, 5) is 12.2. The number of hydrogen-bond donors (Lipinski definition) is 0. The van der Waals surface area contributed by atoms with E-state index in [1.807, 2.05) is 43.3 Å². The van der Waals surface area contributed by atoms with Crippen molar-refractivity contribution < 1.29 is 4.79 Å². The zero-order valence-corrected chi connectivity index (χ0v) is 13.9. The summed E-state index contributed by atoms with van der Waals surface area (Å²) in [7, 11) is 0. The molecule has 0 fully saturated rings. The summed E-state index contributed by atoms with van der Waals surface area (Å²) in [6.45, 7) is 1.99. The summed E-state index contributed by atoms with van der Waals surface area (Å²) in [6, 6.07) is 14.7. The van der Waals surface area contributed by atoms with Gasteiger partial charge in [0.1, 0.15) is 0 Å². The first-order valence-electron chi connectivity index (χ1n) is 6.90. The number of benzene rings is 2. The third-order valence-electron chi connectivity index (χ3n) is 3.22. The second kappa shape index (κ2) is 6.93. The lowest BCUT2D eigenvalue weighted by molar-refractivity contribution is 0.102. The molecule has 7 heteroatoms. The summed E-state index contributed by atoms with van der Waals surface area (Å²) >= 11 is 7.19. The first-order valence-corrected chi connectivity index (χ1v) is 8.27. The van der Waals surface area contributed by atoms with Gasteiger partial charge in [0.2, 0.25) is 5.16 Å². The smallest absolute Gasteiger partial charge is 0.214 e. The van der Waals surface area contributed by atoms with Crippen molar-refractivity contribution in [2.24, 2.45) is 0 Å². The highest BCUT2D eigenvalue weighted by Crippen LogP contribution is 2.20. The average Bonchev–Trinajstić information content (AvgIpc) is 3.02. The predicted octanol–water partition coefficient (Wildman–Crippen LogP) is 3.60. The molecule has 0 spiro atoms. The molecule has 23 heavy (non-hydrogen) atoms. The quantitative estimate of drug-likeness (QED) is 0.522. The Bertz CT molecular complexity index is 815. The Hall–Kier alpha value is -2.18. The van der Waals surface area contributed by atoms with Crippen molar-refractivity contribution in [3.8, 4) is 5.69 Å². The van der Waals surface area contributed by atoms with E-state index in [-0.39, 0.29) is 11.5 Å². The minimum absolute atomic E-state index is 0.0423. The largest absolute Gasteiger partial charge is 0.293 e. The summed E-state index contributed by atoms with van der Waals surface area (Å²) in [5.74, 6) is 0.317. The third kappa shape index (κ3) is 3.78. The topological polar surface area (TPSA) is 60.7 Å². The van der Waals surface area contributed by atoms with E-state index in [9.17, 15) is 4.79 Å². The van der Waals surface area contributed by atoms with Crippen LogP contribution in [-0.2, 0) is 0 Å². The molecule has 0 atom stereocenters. The van der Waals surface area contributed by atoms with Crippen molar-refractivity contribution in [3.63, 3.8) is 0 Å². The molecule has 3 aromatic rings. The first-order chi connectivity index (χ1) is 11.1. The Labute approximate surface area is 142 Å². The fraction of sp³-hybridized carbons (Fsp3) is 0.125. The normalized spacial score (nSPS) is 10.7. The molecular formula is C16H13ClN4OS. The molecule has 0 amide bonds. The maximum absolute atomic E-state index is 12.2. The summed E-state index contributed by atoms with van der Waals surface area (Å²) < 4.78 is 1.59. The molecule has 1 heterocycles. The standard InChI is InChI=1S/C16H13ClN4OS/c1-11-2-4-12(5-3-11)15(22)10-23-16-18-19-20-21(16)14-8-6-13(17)7-9-14/h2-9H,10H2,1H3. The Balaban J connectivity index is 1.72. The molecule has 0 saturated heterocycles. The molecule has 0 N–H and O–H groups in total. The Morgan fingerprint density at radius 2 is 1.83 bits per heavy atom. The van der Waals surface area contributed by atoms with Crippen LogP contribution in [0.1, 0.15) is 15.9 Å². The minimum Gasteiger partial charge on any atom is -0.293 e. The van der Waals surface area contributed by atoms with E-state index in [0.717, 1.165) is 11.3 Å². The van der Waals surface area contributed by atoms with Gasteiger partial charge in [-0.15, -0.1) is 5.10 Å². The van der Waals surface area contributed by atoms with Crippen molar-refractivity contribution in [2.75, 3.05) is 5.75 Å². The van der Waals surface area contributed by atoms with Crippen LogP contribution < -0.4 is 0 Å². The second-order valence-corrected chi connectivity index (χ2v) is 6.31. The highest BCUT2D eigenvalue weighted by atomic mass is 35.5. The number of nitrogens with zero attached hydrogens (tertiary/aromatic N) is 4. The number of aromatic nitrogens is 4. The van der Waals surface area contributed by atoms with E-state index in [4.69, 9.17) is 11.6 Å². The van der Waals surface area contributed by atoms with Crippen LogP contribution in [0.5, 0.6) is 0 Å². The monoisotopic (exact) mass is 344 g/mol. The van der Waals surface area contributed by atoms with Gasteiger partial charge in [-0.05, 0) is 41.6 Å². The number of hydrogen-bond acceptors (Lipinski definition) is 5. The lowest BCUT2D eigenvalue weighted by Crippen LogP contribution is -2.05. The molecule has 2 aromatic carbocycles. The maximum atomic E-state index is 12.2. The van der Waals surface area contributed by atoms with Crippen LogP contribution in [0.3, 0.4) is 0 Å². The highest BCUT2D eigenvalue weighted by molar-refractivity contribution is 7.99. The Morgan fingerprint density at radius 1 is 1.13 bits per heavy atom. The van der Waals surface area contributed by atoms with Crippen molar-refractivity contribution in [1.29, 1.82) is 0 Å². The Morgan fingerprint density at radius 3 is 2.52 bits per heavy atom. The van der Waals surface area contributed by atoms with Crippen LogP contribution >= 0.6 is 23.4 Å². The van der Waals surface area contributed by atoms with Crippen molar-refractivity contribution >= 4 is 29.1 Å². The molecule has 116 valence electrons. The molecule has 3 rings (SSSR count). The molecule has 0 aliphatic carbocycles. The molecule has 0 saturated carbocycles. The third-order valence-corrected chi connectivity index (χ3v) is 4.39. The van der Waals surface area contributed by atoms with Crippen LogP contribution in [0.2, 0.25) is 5.02 Å². The average molecular weight is 345 g/mol. The van der Waals surface area contributed by atoms with Gasteiger partial charge < -0.3 is 0 Å². The lowest BCUT2D eigenvalue weighted by atomic mass is 10.1. The van der Waals surface area contributed by atoms with Gasteiger partial charge in [0.05, 0.1) is 11.4 Å². The maximum Gasteiger partial charge on any atom is 0.214 e. The van der Waals surface area contributed by atoms with E-state index in [2.05, 4.69) is 15.5 Å². The molecule has 0 bridgehead atoms. The van der Waals surface area contributed by atoms with Gasteiger partial charge in [0.25, 0.3) is 0 Å². The van der Waals surface area contributed by atoms with Crippen LogP contribution in [0.25, 0.3) is 5.69 Å². The molecule has 5 nitrogen and oxygen atoms in total. The van der Waals surface area contributed by atoms with Gasteiger partial charge in [-0.3, -0.25) is 4.79 Å². The SMILES string of the molecule is Cc1ccc(C(=O)CSc2nnnn2-c2ccc(Cl)cc2)cc1. The first kappa shape index (κ1) is 15.7. The molecule has 0 radical (unpaired) electrons. The van der Waals surface area contributed by atoms with Gasteiger partial charge in [-0.25, -0.2) is 0 Å². The molecule has 0 aliphatic heterocycles. The highest BCUT2D eigenvalue weighted by Gasteiger charge is 2.12. The van der Waals surface area contributed by atoms with Gasteiger partial charge in [-0.1, -0.05) is 53.2 Å². The van der Waals surface area contributed by atoms with Crippen molar-refractivity contribution in [1.82, 2.24) is 20.2 Å². The molecular weight excluding hydrogens is 332 g/mol. The van der Waals surface area contributed by atoms with Crippen LogP contribution in [-0.4, -0.2) is 31.7 Å². The molecule has 1 aromatic heterocycles. The Kier molecular flexibility index (Phi) is 4.73. The van der Waals surface area contributed by atoms with E-state index in [0.29, 0.717) is 15.7 Å². The number of carbonyl (C=O) groups excluding carboxylic acids is 1. The van der Waals surface area contributed by atoms with Gasteiger partial charge >= 0.3 is 0 Å². The number of carbonyl (C=O) groups is 1. The number of rotatable bonds is 5. The van der Waals surface area contributed by atoms with E-state index in [1.165, 1.54) is 11.8 Å². The fourth-order valence-corrected chi connectivity index (χ4v) is 2.88. The zero-order chi connectivity index (χ0) is 16.2. The number of tetrazole rings is 1. The van der Waals surface area contributed by atoms with E-state index in [1.54, 1.807) is 16.8 Å². The van der Waals surface area contributed by atoms with Crippen molar-refractivity contribution in [3.05, 3.63) is 64.7 Å². The zero-order valence-electron chi connectivity index (χ0n) is 12.3. The summed E-state index contributed by atoms with van der Waals surface area (Å²) in [5.41, 5.74) is 2.61. The summed E-state index contributed by atoms with van der Waals surface area (Å²) in [5, 5.41) is 12.8. The van der Waals surface area contributed by atoms with Crippen molar-refractivity contribution in [2.45, 2.75) is 12.1 Å². The van der Waals surface area contributed by atoms with Gasteiger partial charge in [-0.2, -0.15) is 4.68 Å². The molecule has 0 unspecified atom stereocenters. The van der Waals surface area contributed by atoms with Crippen LogP contribution in [0.15, 0.2) is 53.7 Å². The lowest BCUT2D eigenvalue weighted by Gasteiger charge is -2.04. The van der Waals surface area contributed by atoms with Crippen LogP contribution in [0, 0.1) is 6.92 Å². The number of thioether (sulfide) groups is 1. The minimum atomic E-state index is 0.0423. The molecule has 0 aliphatic rings. The second-order valence-electron chi connectivity index (χ2n) is 4.93. The fourth-order valence-electron chi connectivity index (χ4n) is 1.97. The predicted molar refractivity (Wildman–Crippen MR) is 90.4 cm³/mol. The number of ketones is 1. The number of Topliss-reactive ketones (excluding diaryl/α,β-unsaturated/α-hetero) is 1. The van der Waals surface area contributed by atoms with E-state index >= 15 is 0 Å². The number of halogens is 1. The van der Waals surface area contributed by atoms with Gasteiger partial charge in [0, 0.05) is 10.6 Å². The number of aryl methyl sites for hydroxylation is 1. The summed E-state index contributed by atoms with van der Waals surface area (Å²) in [6.07, 6.45) is 0.